The molecule has 0 amide bonds. The van der Waals surface area contributed by atoms with Gasteiger partial charge < -0.3 is 0 Å². The maximum Gasteiger partial charge on any atom is 0.264 e. The van der Waals surface area contributed by atoms with Crippen LogP contribution in [0.3, 0.4) is 0 Å². The quantitative estimate of drug-likeness (QED) is 0.654. The van der Waals surface area contributed by atoms with E-state index in [-0.39, 0.29) is 5.75 Å². The van der Waals surface area contributed by atoms with Gasteiger partial charge >= 0.3 is 0 Å². The predicted molar refractivity (Wildman–Crippen MR) is 54.3 cm³/mol. The minimum absolute atomic E-state index is 0.0881. The van der Waals surface area contributed by atoms with E-state index in [1.165, 1.54) is 0 Å². The lowest BCUT2D eigenvalue weighted by molar-refractivity contribution is 0.424. The van der Waals surface area contributed by atoms with Crippen LogP contribution >= 0.6 is 0 Å². The second kappa shape index (κ2) is 6.38. The van der Waals surface area contributed by atoms with Crippen molar-refractivity contribution in [1.82, 2.24) is 0 Å². The normalized spacial score (nSPS) is 14.4. The first-order chi connectivity index (χ1) is 5.99. The third kappa shape index (κ3) is 8.25. The zero-order valence-corrected chi connectivity index (χ0v) is 9.31. The van der Waals surface area contributed by atoms with Crippen molar-refractivity contribution in [3.05, 3.63) is 0 Å². The van der Waals surface area contributed by atoms with E-state index >= 15 is 0 Å². The van der Waals surface area contributed by atoms with E-state index < -0.39 is 10.1 Å². The highest BCUT2D eigenvalue weighted by molar-refractivity contribution is 7.85. The van der Waals surface area contributed by atoms with Gasteiger partial charge in [-0.2, -0.15) is 8.42 Å². The summed E-state index contributed by atoms with van der Waals surface area (Å²) in [7, 11) is -3.75. The highest BCUT2D eigenvalue weighted by Gasteiger charge is 2.10. The van der Waals surface area contributed by atoms with E-state index in [1.807, 2.05) is 0 Å². The molecule has 0 heterocycles. The molecule has 80 valence electrons. The Balaban J connectivity index is 3.72. The summed E-state index contributed by atoms with van der Waals surface area (Å²) in [4.78, 5) is 0. The van der Waals surface area contributed by atoms with Gasteiger partial charge in [0.2, 0.25) is 0 Å². The first-order valence-corrected chi connectivity index (χ1v) is 6.55. The zero-order chi connectivity index (χ0) is 10.3. The minimum Gasteiger partial charge on any atom is -0.286 e. The Kier molecular flexibility index (Phi) is 6.33. The average Bonchev–Trinajstić information content (AvgIpc) is 2.03. The van der Waals surface area contributed by atoms with Gasteiger partial charge in [-0.1, -0.05) is 39.5 Å². The monoisotopic (exact) mass is 208 g/mol. The van der Waals surface area contributed by atoms with E-state index in [9.17, 15) is 8.42 Å². The zero-order valence-electron chi connectivity index (χ0n) is 8.49. The van der Waals surface area contributed by atoms with Gasteiger partial charge in [0.15, 0.2) is 0 Å². The summed E-state index contributed by atoms with van der Waals surface area (Å²) in [6, 6.07) is 0. The lowest BCUT2D eigenvalue weighted by atomic mass is 9.97. The molecule has 0 saturated carbocycles. The van der Waals surface area contributed by atoms with Crippen LogP contribution in [-0.2, 0) is 10.1 Å². The first kappa shape index (κ1) is 12.9. The van der Waals surface area contributed by atoms with Gasteiger partial charge in [0.05, 0.1) is 5.75 Å². The van der Waals surface area contributed by atoms with Crippen molar-refractivity contribution in [2.45, 2.75) is 46.0 Å². The molecule has 1 N–H and O–H groups in total. The molecule has 13 heavy (non-hydrogen) atoms. The Labute approximate surface area is 81.3 Å². The largest absolute Gasteiger partial charge is 0.286 e. The Hall–Kier alpha value is -0.0900. The molecule has 0 fully saturated rings. The van der Waals surface area contributed by atoms with Gasteiger partial charge in [-0.25, -0.2) is 0 Å². The van der Waals surface area contributed by atoms with Gasteiger partial charge in [0.1, 0.15) is 0 Å². The van der Waals surface area contributed by atoms with Crippen LogP contribution < -0.4 is 0 Å². The number of hydrogen-bond acceptors (Lipinski definition) is 2. The fourth-order valence-electron chi connectivity index (χ4n) is 1.36. The molecule has 1 atom stereocenters. The Morgan fingerprint density at radius 3 is 2.23 bits per heavy atom. The fraction of sp³-hybridized carbons (Fsp3) is 1.00. The molecule has 0 aromatic rings. The summed E-state index contributed by atoms with van der Waals surface area (Å²) < 4.78 is 29.5. The molecule has 4 heteroatoms. The molecule has 1 unspecified atom stereocenters. The Bertz CT molecular complexity index is 209. The van der Waals surface area contributed by atoms with Gasteiger partial charge in [-0.3, -0.25) is 4.55 Å². The molecule has 0 aromatic heterocycles. The van der Waals surface area contributed by atoms with E-state index in [0.717, 1.165) is 25.7 Å². The number of hydrogen-bond donors (Lipinski definition) is 1. The predicted octanol–water partition coefficient (Wildman–Crippen LogP) is 2.48. The van der Waals surface area contributed by atoms with Gasteiger partial charge in [-0.05, 0) is 12.3 Å². The van der Waals surface area contributed by atoms with Crippen LogP contribution in [-0.4, -0.2) is 18.7 Å². The summed E-state index contributed by atoms with van der Waals surface area (Å²) >= 11 is 0. The average molecular weight is 208 g/mol. The topological polar surface area (TPSA) is 54.4 Å². The van der Waals surface area contributed by atoms with Gasteiger partial charge in [-0.15, -0.1) is 0 Å². The second-order valence-corrected chi connectivity index (χ2v) is 5.06. The van der Waals surface area contributed by atoms with Crippen LogP contribution in [0.5, 0.6) is 0 Å². The van der Waals surface area contributed by atoms with Crippen LogP contribution in [0.1, 0.15) is 46.0 Å². The third-order valence-electron chi connectivity index (χ3n) is 2.33. The molecule has 0 radical (unpaired) electrons. The van der Waals surface area contributed by atoms with Crippen molar-refractivity contribution in [2.24, 2.45) is 5.92 Å². The summed E-state index contributed by atoms with van der Waals surface area (Å²) in [5, 5.41) is 0. The number of rotatable bonds is 7. The molecule has 3 nitrogen and oxygen atoms in total. The van der Waals surface area contributed by atoms with E-state index in [2.05, 4.69) is 13.8 Å². The van der Waals surface area contributed by atoms with Crippen molar-refractivity contribution in [2.75, 3.05) is 5.75 Å². The lowest BCUT2D eigenvalue weighted by Crippen LogP contribution is -2.09. The van der Waals surface area contributed by atoms with Crippen LogP contribution in [0.15, 0.2) is 0 Å². The Morgan fingerprint density at radius 2 is 1.85 bits per heavy atom. The van der Waals surface area contributed by atoms with Crippen molar-refractivity contribution in [3.8, 4) is 0 Å². The van der Waals surface area contributed by atoms with Crippen LogP contribution in [0.2, 0.25) is 0 Å². The molecule has 0 rings (SSSR count). The van der Waals surface area contributed by atoms with Crippen LogP contribution in [0, 0.1) is 5.92 Å². The summed E-state index contributed by atoms with van der Waals surface area (Å²) in [5.74, 6) is 0.358. The first-order valence-electron chi connectivity index (χ1n) is 4.94. The molecule has 0 aromatic carbocycles. The minimum atomic E-state index is -3.75. The van der Waals surface area contributed by atoms with Gasteiger partial charge in [0, 0.05) is 0 Å². The third-order valence-corrected chi connectivity index (χ3v) is 3.08. The second-order valence-electron chi connectivity index (χ2n) is 3.49. The molecule has 0 saturated heterocycles. The summed E-state index contributed by atoms with van der Waals surface area (Å²) in [6.45, 7) is 4.18. The summed E-state index contributed by atoms with van der Waals surface area (Å²) in [6.07, 6.45) is 4.94. The summed E-state index contributed by atoms with van der Waals surface area (Å²) in [5.41, 5.74) is 0. The lowest BCUT2D eigenvalue weighted by Gasteiger charge is -2.12. The van der Waals surface area contributed by atoms with Crippen LogP contribution in [0.25, 0.3) is 0 Å². The van der Waals surface area contributed by atoms with E-state index in [1.54, 1.807) is 0 Å². The molecule has 0 aliphatic rings. The molecular formula is C9H20O3S. The SMILES string of the molecule is CCCCC(CC)CCS(=O)(=O)O. The standard InChI is InChI=1S/C9H20O3S/c1-3-5-6-9(4-2)7-8-13(10,11)12/h9H,3-8H2,1-2H3,(H,10,11,12). The molecule has 0 aliphatic carbocycles. The van der Waals surface area contributed by atoms with Crippen molar-refractivity contribution in [3.63, 3.8) is 0 Å². The van der Waals surface area contributed by atoms with Crippen molar-refractivity contribution < 1.29 is 13.0 Å². The number of unbranched alkanes of at least 4 members (excludes halogenated alkanes) is 1. The molecular weight excluding hydrogens is 188 g/mol. The molecule has 0 bridgehead atoms. The van der Waals surface area contributed by atoms with E-state index in [4.69, 9.17) is 4.55 Å². The van der Waals surface area contributed by atoms with Crippen molar-refractivity contribution in [1.29, 1.82) is 0 Å². The highest BCUT2D eigenvalue weighted by atomic mass is 32.2. The molecule has 0 spiro atoms. The van der Waals surface area contributed by atoms with Gasteiger partial charge in [0.25, 0.3) is 10.1 Å². The smallest absolute Gasteiger partial charge is 0.264 e. The Morgan fingerprint density at radius 1 is 1.23 bits per heavy atom. The molecule has 0 aliphatic heterocycles. The highest BCUT2D eigenvalue weighted by Crippen LogP contribution is 2.16. The van der Waals surface area contributed by atoms with Crippen molar-refractivity contribution >= 4 is 10.1 Å². The van der Waals surface area contributed by atoms with E-state index in [0.29, 0.717) is 12.3 Å². The van der Waals surface area contributed by atoms with Crippen LogP contribution in [0.4, 0.5) is 0 Å². The maximum absolute atomic E-state index is 10.5. The maximum atomic E-state index is 10.5. The fourth-order valence-corrected chi connectivity index (χ4v) is 1.99.